The summed E-state index contributed by atoms with van der Waals surface area (Å²) in [6.45, 7) is 3.62. The summed E-state index contributed by atoms with van der Waals surface area (Å²) < 4.78 is 37.5. The summed E-state index contributed by atoms with van der Waals surface area (Å²) in [5.74, 6) is 0. The fraction of sp³-hybridized carbons (Fsp3) is 0.0909. The Labute approximate surface area is 111 Å². The van der Waals surface area contributed by atoms with Crippen LogP contribution in [-0.2, 0) is 6.18 Å². The lowest BCUT2D eigenvalue weighted by Gasteiger charge is -2.08. The lowest BCUT2D eigenvalue weighted by atomic mass is 10.2. The molecule has 0 saturated carbocycles. The molecule has 0 aliphatic carbocycles. The first-order valence-electron chi connectivity index (χ1n) is 5.08. The molecule has 0 aromatic heterocycles. The molecule has 0 spiro atoms. The summed E-state index contributed by atoms with van der Waals surface area (Å²) in [6, 6.07) is 4.73. The van der Waals surface area contributed by atoms with Gasteiger partial charge in [0.2, 0.25) is 0 Å². The number of halogens is 3. The van der Waals surface area contributed by atoms with Gasteiger partial charge in [0.05, 0.1) is 16.9 Å². The predicted octanol–water partition coefficient (Wildman–Crippen LogP) is 3.01. The number of hydrogen-bond donors (Lipinski definition) is 2. The molecule has 100 valence electrons. The van der Waals surface area contributed by atoms with Gasteiger partial charge in [-0.25, -0.2) is 4.99 Å². The van der Waals surface area contributed by atoms with Gasteiger partial charge in [-0.2, -0.15) is 18.3 Å². The first-order valence-corrected chi connectivity index (χ1v) is 5.90. The van der Waals surface area contributed by atoms with Crippen LogP contribution < -0.4 is 11.2 Å². The molecule has 2 rings (SSSR count). The molecule has 19 heavy (non-hydrogen) atoms. The fourth-order valence-electron chi connectivity index (χ4n) is 1.33. The molecule has 0 radical (unpaired) electrons. The van der Waals surface area contributed by atoms with Crippen molar-refractivity contribution in [2.45, 2.75) is 6.18 Å². The molecule has 1 aliphatic rings. The van der Waals surface area contributed by atoms with E-state index < -0.39 is 11.7 Å². The fourth-order valence-corrected chi connectivity index (χ4v) is 1.94. The molecule has 0 saturated heterocycles. The minimum atomic E-state index is -4.38. The predicted molar refractivity (Wildman–Crippen MR) is 70.9 cm³/mol. The zero-order valence-corrected chi connectivity index (χ0v) is 10.3. The highest BCUT2D eigenvalue weighted by atomic mass is 32.2. The van der Waals surface area contributed by atoms with Gasteiger partial charge in [-0.3, -0.25) is 5.43 Å². The van der Waals surface area contributed by atoms with Crippen LogP contribution in [0.5, 0.6) is 0 Å². The molecule has 0 atom stereocenters. The number of hydrazone groups is 1. The molecule has 0 bridgehead atoms. The molecule has 4 nitrogen and oxygen atoms in total. The van der Waals surface area contributed by atoms with E-state index in [9.17, 15) is 13.2 Å². The number of nitrogens with zero attached hydrogens (tertiary/aromatic N) is 2. The maximum Gasteiger partial charge on any atom is 0.416 e. The van der Waals surface area contributed by atoms with Crippen molar-refractivity contribution in [2.24, 2.45) is 15.8 Å². The van der Waals surface area contributed by atoms with Crippen molar-refractivity contribution in [1.29, 1.82) is 0 Å². The van der Waals surface area contributed by atoms with Gasteiger partial charge < -0.3 is 5.73 Å². The highest BCUT2D eigenvalue weighted by Gasteiger charge is 2.30. The van der Waals surface area contributed by atoms with Crippen LogP contribution in [0.2, 0.25) is 0 Å². The number of nitrogens with two attached hydrogens (primary N) is 1. The quantitative estimate of drug-likeness (QED) is 0.821. The number of nitrogens with one attached hydrogen (secondary N) is 1. The van der Waals surface area contributed by atoms with Gasteiger partial charge >= 0.3 is 6.18 Å². The van der Waals surface area contributed by atoms with Crippen LogP contribution in [0.15, 0.2) is 46.6 Å². The molecule has 1 aliphatic heterocycles. The van der Waals surface area contributed by atoms with Crippen LogP contribution in [-0.4, -0.2) is 10.2 Å². The molecule has 1 aromatic carbocycles. The molecule has 0 amide bonds. The van der Waals surface area contributed by atoms with E-state index in [1.54, 1.807) is 0 Å². The third-order valence-electron chi connectivity index (χ3n) is 2.17. The normalized spacial score (nSPS) is 17.7. The van der Waals surface area contributed by atoms with Gasteiger partial charge in [0.1, 0.15) is 5.04 Å². The topological polar surface area (TPSA) is 62.8 Å². The van der Waals surface area contributed by atoms with Gasteiger partial charge in [0.25, 0.3) is 0 Å². The lowest BCUT2D eigenvalue weighted by molar-refractivity contribution is -0.137. The maximum atomic E-state index is 12.5. The summed E-state index contributed by atoms with van der Waals surface area (Å²) >= 11 is 1.10. The van der Waals surface area contributed by atoms with Gasteiger partial charge in [-0.05, 0) is 30.0 Å². The average molecular weight is 286 g/mol. The second kappa shape index (κ2) is 4.96. The Kier molecular flexibility index (Phi) is 3.52. The Morgan fingerprint density at radius 3 is 2.68 bits per heavy atom. The molecular formula is C11H9F3N4S. The van der Waals surface area contributed by atoms with Crippen LogP contribution in [0.3, 0.4) is 0 Å². The summed E-state index contributed by atoms with van der Waals surface area (Å²) in [4.78, 5) is 3.85. The molecule has 0 fully saturated rings. The Hall–Kier alpha value is -1.96. The third-order valence-corrected chi connectivity index (χ3v) is 2.99. The molecule has 3 N–H and O–H groups in total. The van der Waals surface area contributed by atoms with Gasteiger partial charge in [-0.15, -0.1) is 0 Å². The second-order valence-electron chi connectivity index (χ2n) is 3.61. The van der Waals surface area contributed by atoms with E-state index >= 15 is 0 Å². The van der Waals surface area contributed by atoms with Crippen molar-refractivity contribution in [3.63, 3.8) is 0 Å². The number of thioether (sulfide) groups is 1. The SMILES string of the molecule is C=C1N=C(N)S/C1=N/Nc1cccc(C(F)(F)F)c1. The summed E-state index contributed by atoms with van der Waals surface area (Å²) in [5.41, 5.74) is 7.84. The largest absolute Gasteiger partial charge is 0.416 e. The monoisotopic (exact) mass is 286 g/mol. The third kappa shape index (κ3) is 3.28. The average Bonchev–Trinajstić information content (AvgIpc) is 2.64. The van der Waals surface area contributed by atoms with E-state index in [2.05, 4.69) is 22.1 Å². The number of amidine groups is 1. The Morgan fingerprint density at radius 1 is 1.37 bits per heavy atom. The van der Waals surface area contributed by atoms with Crippen molar-refractivity contribution in [2.75, 3.05) is 5.43 Å². The second-order valence-corrected chi connectivity index (χ2v) is 4.62. The van der Waals surface area contributed by atoms with Crippen LogP contribution in [0.4, 0.5) is 18.9 Å². The van der Waals surface area contributed by atoms with Gasteiger partial charge in [-0.1, -0.05) is 12.6 Å². The highest BCUT2D eigenvalue weighted by Crippen LogP contribution is 2.30. The standard InChI is InChI=1S/C11H9F3N4S/c1-6-9(19-10(15)16-6)18-17-8-4-2-3-7(5-8)11(12,13)14/h2-5,17H,1H2,(H2,15,16)/b18-9+. The minimum absolute atomic E-state index is 0.223. The zero-order valence-electron chi connectivity index (χ0n) is 9.53. The van der Waals surface area contributed by atoms with Crippen LogP contribution in [0.25, 0.3) is 0 Å². The van der Waals surface area contributed by atoms with E-state index in [-0.39, 0.29) is 5.69 Å². The van der Waals surface area contributed by atoms with E-state index in [4.69, 9.17) is 5.73 Å². The number of anilines is 1. The number of rotatable bonds is 2. The Morgan fingerprint density at radius 2 is 2.11 bits per heavy atom. The number of hydrogen-bond acceptors (Lipinski definition) is 5. The van der Waals surface area contributed by atoms with Crippen molar-refractivity contribution in [3.8, 4) is 0 Å². The van der Waals surface area contributed by atoms with E-state index in [1.807, 2.05) is 0 Å². The van der Waals surface area contributed by atoms with Crippen molar-refractivity contribution < 1.29 is 13.2 Å². The van der Waals surface area contributed by atoms with E-state index in [0.29, 0.717) is 15.9 Å². The minimum Gasteiger partial charge on any atom is -0.378 e. The lowest BCUT2D eigenvalue weighted by Crippen LogP contribution is -2.06. The Balaban J connectivity index is 2.13. The van der Waals surface area contributed by atoms with Crippen molar-refractivity contribution in [3.05, 3.63) is 42.1 Å². The number of alkyl halides is 3. The maximum absolute atomic E-state index is 12.5. The first kappa shape index (κ1) is 13.5. The van der Waals surface area contributed by atoms with E-state index in [1.165, 1.54) is 12.1 Å². The molecule has 8 heteroatoms. The molecule has 1 aromatic rings. The smallest absolute Gasteiger partial charge is 0.378 e. The van der Waals surface area contributed by atoms with Crippen LogP contribution in [0.1, 0.15) is 5.56 Å². The van der Waals surface area contributed by atoms with Gasteiger partial charge in [0.15, 0.2) is 5.17 Å². The van der Waals surface area contributed by atoms with Crippen molar-refractivity contribution in [1.82, 2.24) is 0 Å². The summed E-state index contributed by atoms with van der Waals surface area (Å²) in [6.07, 6.45) is -4.38. The van der Waals surface area contributed by atoms with Crippen LogP contribution >= 0.6 is 11.8 Å². The molecular weight excluding hydrogens is 277 g/mol. The zero-order chi connectivity index (χ0) is 14.0. The van der Waals surface area contributed by atoms with Crippen LogP contribution in [0, 0.1) is 0 Å². The first-order chi connectivity index (χ1) is 8.86. The number of benzene rings is 1. The molecule has 0 unspecified atom stereocenters. The summed E-state index contributed by atoms with van der Waals surface area (Å²) in [7, 11) is 0. The Bertz CT molecular complexity index is 578. The van der Waals surface area contributed by atoms with Gasteiger partial charge in [0, 0.05) is 0 Å². The number of aliphatic imine (C=N–C) groups is 1. The summed E-state index contributed by atoms with van der Waals surface area (Å²) in [5, 5.41) is 4.64. The molecule has 1 heterocycles. The van der Waals surface area contributed by atoms with E-state index in [0.717, 1.165) is 23.9 Å². The van der Waals surface area contributed by atoms with Crippen molar-refractivity contribution >= 4 is 27.7 Å². The highest BCUT2D eigenvalue weighted by molar-refractivity contribution is 8.27.